The Morgan fingerprint density at radius 2 is 1.83 bits per heavy atom. The Kier molecular flexibility index (Phi) is 4.25. The van der Waals surface area contributed by atoms with Crippen molar-refractivity contribution in [3.05, 3.63) is 48.0 Å². The second kappa shape index (κ2) is 6.35. The van der Waals surface area contributed by atoms with Gasteiger partial charge in [-0.3, -0.25) is 9.59 Å². The van der Waals surface area contributed by atoms with Gasteiger partial charge >= 0.3 is 0 Å². The van der Waals surface area contributed by atoms with Crippen molar-refractivity contribution >= 4 is 33.6 Å². The Labute approximate surface area is 140 Å². The van der Waals surface area contributed by atoms with Crippen molar-refractivity contribution in [2.24, 2.45) is 11.7 Å². The second-order valence-electron chi connectivity index (χ2n) is 6.17. The third-order valence-corrected chi connectivity index (χ3v) is 4.57. The number of aromatic amines is 1. The minimum Gasteiger partial charge on any atom is -0.368 e. The number of carbonyl (C=O) groups is 2. The Bertz CT molecular complexity index is 913. The number of rotatable bonds is 5. The Morgan fingerprint density at radius 3 is 2.54 bits per heavy atom. The van der Waals surface area contributed by atoms with Crippen LogP contribution in [0.15, 0.2) is 42.5 Å². The molecule has 1 unspecified atom stereocenters. The number of amides is 2. The largest absolute Gasteiger partial charge is 0.368 e. The lowest BCUT2D eigenvalue weighted by atomic mass is 9.98. The van der Waals surface area contributed by atoms with Crippen LogP contribution in [0.1, 0.15) is 30.6 Å². The van der Waals surface area contributed by atoms with E-state index in [-0.39, 0.29) is 11.8 Å². The van der Waals surface area contributed by atoms with Gasteiger partial charge in [0, 0.05) is 27.4 Å². The van der Waals surface area contributed by atoms with Gasteiger partial charge in [-0.25, -0.2) is 0 Å². The minimum absolute atomic E-state index is 0.0109. The summed E-state index contributed by atoms with van der Waals surface area (Å²) in [5.41, 5.74) is 7.95. The van der Waals surface area contributed by atoms with Crippen molar-refractivity contribution in [1.29, 1.82) is 0 Å². The standard InChI is InChI=1S/C19H21N3O2/c1-3-11(2)17(18(20)23)22-19(24)12-8-9-16-14(10-12)13-6-4-5-7-15(13)21-16/h4-11,17,21H,3H2,1-2H3,(H2,20,23)(H,22,24)/t11?,17-/m0/s1. The molecule has 0 aliphatic carbocycles. The number of para-hydroxylation sites is 1. The number of nitrogens with two attached hydrogens (primary N) is 1. The molecule has 5 heteroatoms. The molecule has 0 fully saturated rings. The minimum atomic E-state index is -0.666. The third kappa shape index (κ3) is 2.85. The van der Waals surface area contributed by atoms with Crippen LogP contribution in [0.5, 0.6) is 0 Å². The van der Waals surface area contributed by atoms with Crippen LogP contribution < -0.4 is 11.1 Å². The molecule has 0 bridgehead atoms. The van der Waals surface area contributed by atoms with Gasteiger partial charge in [-0.15, -0.1) is 0 Å². The van der Waals surface area contributed by atoms with Gasteiger partial charge in [-0.1, -0.05) is 38.5 Å². The Morgan fingerprint density at radius 1 is 1.12 bits per heavy atom. The molecule has 1 heterocycles. The van der Waals surface area contributed by atoms with Crippen molar-refractivity contribution in [1.82, 2.24) is 10.3 Å². The third-order valence-electron chi connectivity index (χ3n) is 4.57. The summed E-state index contributed by atoms with van der Waals surface area (Å²) >= 11 is 0. The predicted octanol–water partition coefficient (Wildman–Crippen LogP) is 2.95. The molecular weight excluding hydrogens is 302 g/mol. The van der Waals surface area contributed by atoms with Crippen LogP contribution >= 0.6 is 0 Å². The van der Waals surface area contributed by atoms with E-state index in [1.165, 1.54) is 0 Å². The molecule has 2 aromatic carbocycles. The first-order chi connectivity index (χ1) is 11.5. The number of primary amides is 1. The normalized spacial score (nSPS) is 13.8. The van der Waals surface area contributed by atoms with E-state index in [2.05, 4.69) is 10.3 Å². The van der Waals surface area contributed by atoms with Gasteiger partial charge in [0.15, 0.2) is 0 Å². The highest BCUT2D eigenvalue weighted by molar-refractivity contribution is 6.10. The fraction of sp³-hybridized carbons (Fsp3) is 0.263. The van der Waals surface area contributed by atoms with E-state index < -0.39 is 11.9 Å². The maximum absolute atomic E-state index is 12.6. The Balaban J connectivity index is 1.95. The van der Waals surface area contributed by atoms with Gasteiger partial charge in [0.25, 0.3) is 5.91 Å². The van der Waals surface area contributed by atoms with E-state index in [1.54, 1.807) is 6.07 Å². The van der Waals surface area contributed by atoms with Crippen LogP contribution in [0.2, 0.25) is 0 Å². The molecule has 2 atom stereocenters. The molecule has 0 aliphatic heterocycles. The average Bonchev–Trinajstić information content (AvgIpc) is 2.96. The number of fused-ring (bicyclic) bond motifs is 3. The SMILES string of the molecule is CCC(C)[C@H](NC(=O)c1ccc2[nH]c3ccccc3c2c1)C(N)=O. The summed E-state index contributed by atoms with van der Waals surface area (Å²) in [5.74, 6) is -0.805. The molecule has 0 radical (unpaired) electrons. The van der Waals surface area contributed by atoms with E-state index in [1.807, 2.05) is 50.2 Å². The maximum atomic E-state index is 12.6. The summed E-state index contributed by atoms with van der Waals surface area (Å²) < 4.78 is 0. The van der Waals surface area contributed by atoms with E-state index in [0.717, 1.165) is 28.2 Å². The van der Waals surface area contributed by atoms with Gasteiger partial charge in [-0.2, -0.15) is 0 Å². The van der Waals surface area contributed by atoms with Crippen molar-refractivity contribution < 1.29 is 9.59 Å². The van der Waals surface area contributed by atoms with Crippen LogP contribution in [0.3, 0.4) is 0 Å². The van der Waals surface area contributed by atoms with Crippen LogP contribution in [0.4, 0.5) is 0 Å². The number of aromatic nitrogens is 1. The maximum Gasteiger partial charge on any atom is 0.251 e. The van der Waals surface area contributed by atoms with E-state index in [4.69, 9.17) is 5.73 Å². The lowest BCUT2D eigenvalue weighted by Gasteiger charge is -2.21. The van der Waals surface area contributed by atoms with Crippen LogP contribution in [-0.2, 0) is 4.79 Å². The molecule has 1 aromatic heterocycles. The Hall–Kier alpha value is -2.82. The van der Waals surface area contributed by atoms with Crippen LogP contribution in [-0.4, -0.2) is 22.8 Å². The summed E-state index contributed by atoms with van der Waals surface area (Å²) in [4.78, 5) is 27.5. The second-order valence-corrected chi connectivity index (χ2v) is 6.17. The first-order valence-electron chi connectivity index (χ1n) is 8.12. The molecule has 5 nitrogen and oxygen atoms in total. The first-order valence-corrected chi connectivity index (χ1v) is 8.12. The summed E-state index contributed by atoms with van der Waals surface area (Å²) in [7, 11) is 0. The fourth-order valence-corrected chi connectivity index (χ4v) is 2.94. The average molecular weight is 323 g/mol. The summed E-state index contributed by atoms with van der Waals surface area (Å²) in [5, 5.41) is 4.81. The zero-order valence-electron chi connectivity index (χ0n) is 13.8. The van der Waals surface area contributed by atoms with Gasteiger partial charge in [0.1, 0.15) is 6.04 Å². The highest BCUT2D eigenvalue weighted by Crippen LogP contribution is 2.26. The smallest absolute Gasteiger partial charge is 0.251 e. The molecule has 4 N–H and O–H groups in total. The van der Waals surface area contributed by atoms with Crippen LogP contribution in [0, 0.1) is 5.92 Å². The summed E-state index contributed by atoms with van der Waals surface area (Å²) in [6.07, 6.45) is 0.759. The first kappa shape index (κ1) is 16.1. The van der Waals surface area contributed by atoms with Crippen molar-refractivity contribution in [3.63, 3.8) is 0 Å². The molecule has 24 heavy (non-hydrogen) atoms. The molecule has 2 amide bonds. The number of carbonyl (C=O) groups excluding carboxylic acids is 2. The number of H-pyrrole nitrogens is 1. The van der Waals surface area contributed by atoms with Gasteiger partial charge in [0.2, 0.25) is 5.91 Å². The molecule has 0 aliphatic rings. The monoisotopic (exact) mass is 323 g/mol. The topological polar surface area (TPSA) is 88.0 Å². The lowest BCUT2D eigenvalue weighted by molar-refractivity contribution is -0.120. The number of nitrogens with one attached hydrogen (secondary N) is 2. The van der Waals surface area contributed by atoms with E-state index in [0.29, 0.717) is 5.56 Å². The zero-order chi connectivity index (χ0) is 17.3. The van der Waals surface area contributed by atoms with Crippen molar-refractivity contribution in [2.45, 2.75) is 26.3 Å². The molecule has 124 valence electrons. The van der Waals surface area contributed by atoms with Crippen molar-refractivity contribution in [2.75, 3.05) is 0 Å². The van der Waals surface area contributed by atoms with E-state index in [9.17, 15) is 9.59 Å². The molecule has 0 saturated carbocycles. The summed E-state index contributed by atoms with van der Waals surface area (Å²) in [6.45, 7) is 3.86. The lowest BCUT2D eigenvalue weighted by Crippen LogP contribution is -2.48. The van der Waals surface area contributed by atoms with Crippen molar-refractivity contribution in [3.8, 4) is 0 Å². The fourth-order valence-electron chi connectivity index (χ4n) is 2.94. The number of hydrogen-bond acceptors (Lipinski definition) is 2. The summed E-state index contributed by atoms with van der Waals surface area (Å²) in [6, 6.07) is 12.8. The van der Waals surface area contributed by atoms with Gasteiger partial charge in [-0.05, 0) is 30.2 Å². The van der Waals surface area contributed by atoms with Crippen LogP contribution in [0.25, 0.3) is 21.8 Å². The highest BCUT2D eigenvalue weighted by Gasteiger charge is 2.24. The molecule has 0 spiro atoms. The molecule has 3 rings (SSSR count). The molecule has 3 aromatic rings. The van der Waals surface area contributed by atoms with Gasteiger partial charge in [0.05, 0.1) is 0 Å². The highest BCUT2D eigenvalue weighted by atomic mass is 16.2. The van der Waals surface area contributed by atoms with Gasteiger partial charge < -0.3 is 16.0 Å². The molecular formula is C19H21N3O2. The number of hydrogen-bond donors (Lipinski definition) is 3. The van der Waals surface area contributed by atoms with E-state index >= 15 is 0 Å². The zero-order valence-corrected chi connectivity index (χ0v) is 13.8. The number of benzene rings is 2. The molecule has 0 saturated heterocycles. The quantitative estimate of drug-likeness (QED) is 0.674. The predicted molar refractivity (Wildman–Crippen MR) is 95.7 cm³/mol.